The second-order valence-electron chi connectivity index (χ2n) is 6.37. The van der Waals surface area contributed by atoms with Crippen LogP contribution in [0.5, 0.6) is 5.75 Å². The number of nitrogens with one attached hydrogen (secondary N) is 1. The Labute approximate surface area is 147 Å². The smallest absolute Gasteiger partial charge is 0.326 e. The maximum Gasteiger partial charge on any atom is 0.326 e. The standard InChI is InChI=1S/C18H24N2O5/c1-4-25-14-8-6-5-7-13(14)20-10-12(9-15(20)21)17(22)19-16(11(2)3)18(23)24/h5-8,11-12,16H,4,9-10H2,1-3H3,(H,19,22)(H,23,24)/t12?,16-/m0/s1. The van der Waals surface area contributed by atoms with Gasteiger partial charge in [0.2, 0.25) is 11.8 Å². The number of benzene rings is 1. The molecular weight excluding hydrogens is 324 g/mol. The number of carboxylic acids is 1. The second kappa shape index (κ2) is 8.00. The SMILES string of the molecule is CCOc1ccccc1N1CC(C(=O)N[C@H](C(=O)O)C(C)C)CC1=O. The van der Waals surface area contributed by atoms with Gasteiger partial charge in [-0.3, -0.25) is 9.59 Å². The highest BCUT2D eigenvalue weighted by Gasteiger charge is 2.37. The van der Waals surface area contributed by atoms with Crippen LogP contribution in [0.3, 0.4) is 0 Å². The normalized spacial score (nSPS) is 18.3. The third-order valence-corrected chi connectivity index (χ3v) is 4.18. The molecule has 1 unspecified atom stereocenters. The first-order valence-electron chi connectivity index (χ1n) is 8.40. The summed E-state index contributed by atoms with van der Waals surface area (Å²) >= 11 is 0. The number of ether oxygens (including phenoxy) is 1. The van der Waals surface area contributed by atoms with Gasteiger partial charge >= 0.3 is 5.97 Å². The zero-order chi connectivity index (χ0) is 18.6. The molecule has 0 saturated carbocycles. The Balaban J connectivity index is 2.12. The van der Waals surface area contributed by atoms with Gasteiger partial charge in [0.15, 0.2) is 0 Å². The van der Waals surface area contributed by atoms with Crippen molar-refractivity contribution < 1.29 is 24.2 Å². The summed E-state index contributed by atoms with van der Waals surface area (Å²) in [5, 5.41) is 11.7. The molecule has 1 heterocycles. The van der Waals surface area contributed by atoms with Gasteiger partial charge in [-0.1, -0.05) is 26.0 Å². The van der Waals surface area contributed by atoms with E-state index in [4.69, 9.17) is 4.74 Å². The molecule has 136 valence electrons. The predicted molar refractivity (Wildman–Crippen MR) is 92.5 cm³/mol. The Kier molecular flexibility index (Phi) is 6.01. The fourth-order valence-electron chi connectivity index (χ4n) is 2.86. The van der Waals surface area contributed by atoms with Crippen LogP contribution >= 0.6 is 0 Å². The average molecular weight is 348 g/mol. The van der Waals surface area contributed by atoms with E-state index < -0.39 is 23.8 Å². The summed E-state index contributed by atoms with van der Waals surface area (Å²) in [5.41, 5.74) is 0.628. The number of nitrogens with zero attached hydrogens (tertiary/aromatic N) is 1. The van der Waals surface area contributed by atoms with E-state index in [1.807, 2.05) is 13.0 Å². The minimum Gasteiger partial charge on any atom is -0.492 e. The molecule has 1 aliphatic rings. The number of para-hydroxylation sites is 2. The van der Waals surface area contributed by atoms with Crippen molar-refractivity contribution in [1.82, 2.24) is 5.32 Å². The highest BCUT2D eigenvalue weighted by molar-refractivity contribution is 6.01. The summed E-state index contributed by atoms with van der Waals surface area (Å²) in [6.45, 7) is 5.99. The van der Waals surface area contributed by atoms with Crippen LogP contribution in [0.25, 0.3) is 0 Å². The summed E-state index contributed by atoms with van der Waals surface area (Å²) in [4.78, 5) is 37.6. The summed E-state index contributed by atoms with van der Waals surface area (Å²) < 4.78 is 5.55. The van der Waals surface area contributed by atoms with Crippen molar-refractivity contribution in [2.24, 2.45) is 11.8 Å². The van der Waals surface area contributed by atoms with E-state index in [0.29, 0.717) is 18.0 Å². The van der Waals surface area contributed by atoms with E-state index in [-0.39, 0.29) is 24.8 Å². The molecule has 0 bridgehead atoms. The van der Waals surface area contributed by atoms with Crippen molar-refractivity contribution in [3.8, 4) is 5.75 Å². The third-order valence-electron chi connectivity index (χ3n) is 4.18. The lowest BCUT2D eigenvalue weighted by Crippen LogP contribution is -2.47. The zero-order valence-corrected chi connectivity index (χ0v) is 14.7. The molecule has 2 amide bonds. The van der Waals surface area contributed by atoms with E-state index in [1.165, 1.54) is 4.90 Å². The Morgan fingerprint density at radius 2 is 2.04 bits per heavy atom. The van der Waals surface area contributed by atoms with Crippen molar-refractivity contribution >= 4 is 23.5 Å². The number of carboxylic acid groups (broad SMARTS) is 1. The number of anilines is 1. The molecule has 1 saturated heterocycles. The first-order valence-corrected chi connectivity index (χ1v) is 8.40. The number of hydrogen-bond donors (Lipinski definition) is 2. The van der Waals surface area contributed by atoms with Gasteiger partial charge in [-0.25, -0.2) is 4.79 Å². The van der Waals surface area contributed by atoms with Crippen LogP contribution in [0.2, 0.25) is 0 Å². The first-order chi connectivity index (χ1) is 11.8. The van der Waals surface area contributed by atoms with Gasteiger partial charge in [0.05, 0.1) is 18.2 Å². The fourth-order valence-corrected chi connectivity index (χ4v) is 2.86. The molecule has 2 atom stereocenters. The maximum atomic E-state index is 12.4. The Morgan fingerprint density at radius 3 is 2.64 bits per heavy atom. The van der Waals surface area contributed by atoms with Gasteiger partial charge in [0.25, 0.3) is 0 Å². The predicted octanol–water partition coefficient (Wildman–Crippen LogP) is 1.66. The van der Waals surface area contributed by atoms with Gasteiger partial charge in [-0.05, 0) is 25.0 Å². The van der Waals surface area contributed by atoms with Crippen LogP contribution in [-0.2, 0) is 14.4 Å². The molecule has 1 aromatic rings. The number of carbonyl (C=O) groups is 3. The lowest BCUT2D eigenvalue weighted by molar-refractivity contribution is -0.143. The Morgan fingerprint density at radius 1 is 1.36 bits per heavy atom. The van der Waals surface area contributed by atoms with Crippen LogP contribution in [0, 0.1) is 11.8 Å². The van der Waals surface area contributed by atoms with E-state index in [2.05, 4.69) is 5.32 Å². The minimum absolute atomic E-state index is 0.0523. The van der Waals surface area contributed by atoms with Crippen LogP contribution in [0.15, 0.2) is 24.3 Å². The summed E-state index contributed by atoms with van der Waals surface area (Å²) in [6.07, 6.45) is 0.0523. The molecule has 7 heteroatoms. The number of rotatable bonds is 7. The van der Waals surface area contributed by atoms with Gasteiger partial charge in [0, 0.05) is 13.0 Å². The summed E-state index contributed by atoms with van der Waals surface area (Å²) in [6, 6.07) is 6.21. The van der Waals surface area contributed by atoms with Crippen molar-refractivity contribution in [3.63, 3.8) is 0 Å². The Hall–Kier alpha value is -2.57. The molecular formula is C18H24N2O5. The van der Waals surface area contributed by atoms with Crippen molar-refractivity contribution in [2.45, 2.75) is 33.2 Å². The second-order valence-corrected chi connectivity index (χ2v) is 6.37. The van der Waals surface area contributed by atoms with E-state index in [1.54, 1.807) is 32.0 Å². The molecule has 2 rings (SSSR count). The number of carbonyl (C=O) groups excluding carboxylic acids is 2. The maximum absolute atomic E-state index is 12.4. The van der Waals surface area contributed by atoms with E-state index >= 15 is 0 Å². The topological polar surface area (TPSA) is 95.9 Å². The van der Waals surface area contributed by atoms with Gasteiger partial charge in [0.1, 0.15) is 11.8 Å². The van der Waals surface area contributed by atoms with E-state index in [0.717, 1.165) is 0 Å². The van der Waals surface area contributed by atoms with Crippen molar-refractivity contribution in [3.05, 3.63) is 24.3 Å². The number of amides is 2. The zero-order valence-electron chi connectivity index (χ0n) is 14.7. The van der Waals surface area contributed by atoms with Gasteiger partial charge in [-0.2, -0.15) is 0 Å². The minimum atomic E-state index is -1.08. The monoisotopic (exact) mass is 348 g/mol. The molecule has 0 spiro atoms. The molecule has 2 N–H and O–H groups in total. The third kappa shape index (κ3) is 4.29. The molecule has 1 aliphatic heterocycles. The quantitative estimate of drug-likeness (QED) is 0.781. The summed E-state index contributed by atoms with van der Waals surface area (Å²) in [5.74, 6) is -1.90. The summed E-state index contributed by atoms with van der Waals surface area (Å²) in [7, 11) is 0. The largest absolute Gasteiger partial charge is 0.492 e. The molecule has 1 fully saturated rings. The van der Waals surface area contributed by atoms with Crippen LogP contribution in [0.1, 0.15) is 27.2 Å². The molecule has 0 aliphatic carbocycles. The molecule has 0 aromatic heterocycles. The Bertz CT molecular complexity index is 659. The highest BCUT2D eigenvalue weighted by atomic mass is 16.5. The highest BCUT2D eigenvalue weighted by Crippen LogP contribution is 2.33. The van der Waals surface area contributed by atoms with Crippen molar-refractivity contribution in [1.29, 1.82) is 0 Å². The molecule has 7 nitrogen and oxygen atoms in total. The number of aliphatic carboxylic acids is 1. The van der Waals surface area contributed by atoms with E-state index in [9.17, 15) is 19.5 Å². The lowest BCUT2D eigenvalue weighted by atomic mass is 10.0. The lowest BCUT2D eigenvalue weighted by Gasteiger charge is -2.21. The molecule has 0 radical (unpaired) electrons. The van der Waals surface area contributed by atoms with Gasteiger partial charge < -0.3 is 20.1 Å². The first kappa shape index (κ1) is 18.8. The number of hydrogen-bond acceptors (Lipinski definition) is 4. The molecule has 1 aromatic carbocycles. The average Bonchev–Trinajstić information content (AvgIpc) is 2.94. The van der Waals surface area contributed by atoms with Crippen LogP contribution in [0.4, 0.5) is 5.69 Å². The van der Waals surface area contributed by atoms with Crippen LogP contribution < -0.4 is 15.0 Å². The van der Waals surface area contributed by atoms with Crippen molar-refractivity contribution in [2.75, 3.05) is 18.1 Å². The van der Waals surface area contributed by atoms with Gasteiger partial charge in [-0.15, -0.1) is 0 Å². The molecule has 25 heavy (non-hydrogen) atoms. The fraction of sp³-hybridized carbons (Fsp3) is 0.500. The van der Waals surface area contributed by atoms with Crippen LogP contribution in [-0.4, -0.2) is 42.1 Å².